The average Bonchev–Trinajstić information content (AvgIpc) is 3.57. The first-order valence-corrected chi connectivity index (χ1v) is 22.8. The molecule has 4 aliphatic heterocycles. The molecule has 2 saturated carbocycles. The Bertz CT molecular complexity index is 2840. The van der Waals surface area contributed by atoms with Crippen molar-refractivity contribution in [3.05, 3.63) is 111 Å². The van der Waals surface area contributed by atoms with Crippen LogP contribution >= 0.6 is 23.2 Å². The maximum atomic E-state index is 18.0. The van der Waals surface area contributed by atoms with Crippen molar-refractivity contribution in [1.82, 2.24) is 24.8 Å². The number of benzene rings is 3. The summed E-state index contributed by atoms with van der Waals surface area (Å²) >= 11 is 13.4. The highest BCUT2D eigenvalue weighted by molar-refractivity contribution is 6.43. The molecular formula is C49H44Cl2F3N7O3. The van der Waals surface area contributed by atoms with Crippen molar-refractivity contribution >= 4 is 56.7 Å². The monoisotopic (exact) mass is 905 g/mol. The molecule has 15 heteroatoms. The third-order valence-corrected chi connectivity index (χ3v) is 14.8. The number of aryl methyl sites for hydroxylation is 1. The van der Waals surface area contributed by atoms with E-state index in [4.69, 9.17) is 42.6 Å². The fourth-order valence-electron chi connectivity index (χ4n) is 10.6. The molecule has 0 spiro atoms. The number of hydrogen-bond donors (Lipinski definition) is 1. The number of pyridine rings is 2. The Labute approximate surface area is 377 Å². The molecule has 3 aromatic heterocycles. The maximum Gasteiger partial charge on any atom is 0.226 e. The predicted octanol–water partition coefficient (Wildman–Crippen LogP) is 9.74. The van der Waals surface area contributed by atoms with Gasteiger partial charge in [0.05, 0.1) is 65.3 Å². The van der Waals surface area contributed by atoms with Gasteiger partial charge in [0.1, 0.15) is 23.0 Å². The summed E-state index contributed by atoms with van der Waals surface area (Å²) in [5, 5.41) is 15.3. The standard InChI is InChI=1S/C49H44Cl2F3N7O3/c50-35-6-1-5-31(43(35)51)42-27(4-3-13-55)18-32-46(44(42)54)58-45(28-11-12-41(57-22-28)59-14-16-63-17-15-59)33-21-40(61(48(32)33)47-29-19-38(47)56-23-29)39-20-30(24-60(39)49(62)26-9-10-26)64-25-34-36(52)7-2-8-37(34)53/h1-2,5-8,11-12,18,21-22,26,29-30,38-39,47,56H,3-4,9-10,14-17,19-20,23-25H2/t29-,30+,38-,39-,47+/m1/s1. The van der Waals surface area contributed by atoms with Crippen LogP contribution in [0.5, 0.6) is 0 Å². The lowest BCUT2D eigenvalue weighted by atomic mass is 9.79. The SMILES string of the molecule is N#CCCc1cc2c(nc(-c3ccc(N4CCOCC4)nc3)c3cc([C@H]4C[C@H](OCc5c(F)cccc5F)CN4C(=O)C4CC4)n([C@H]4[C@H]5CN[C@@H]4C5)c32)c(F)c1-c1cccc(Cl)c1Cl. The van der Waals surface area contributed by atoms with Crippen molar-refractivity contribution < 1.29 is 27.4 Å². The summed E-state index contributed by atoms with van der Waals surface area (Å²) in [6.07, 6.45) is 4.59. The summed E-state index contributed by atoms with van der Waals surface area (Å²) in [6, 6.07) is 18.7. The largest absolute Gasteiger partial charge is 0.378 e. The number of aromatic nitrogens is 3. The van der Waals surface area contributed by atoms with Crippen LogP contribution < -0.4 is 10.2 Å². The average molecular weight is 907 g/mol. The topological polar surface area (TPSA) is 109 Å². The predicted molar refractivity (Wildman–Crippen MR) is 239 cm³/mol. The smallest absolute Gasteiger partial charge is 0.226 e. The van der Waals surface area contributed by atoms with E-state index < -0.39 is 29.6 Å². The van der Waals surface area contributed by atoms with Gasteiger partial charge in [0.15, 0.2) is 5.82 Å². The molecule has 6 aromatic rings. The zero-order chi connectivity index (χ0) is 43.8. The van der Waals surface area contributed by atoms with Crippen molar-refractivity contribution in [2.45, 2.75) is 69.4 Å². The highest BCUT2D eigenvalue weighted by Gasteiger charge is 2.51. The van der Waals surface area contributed by atoms with Gasteiger partial charge in [0, 0.05) is 95.9 Å². The van der Waals surface area contributed by atoms with Crippen LogP contribution in [-0.2, 0) is 27.3 Å². The van der Waals surface area contributed by atoms with Gasteiger partial charge in [0.2, 0.25) is 5.91 Å². The lowest BCUT2D eigenvalue weighted by molar-refractivity contribution is -0.134. The van der Waals surface area contributed by atoms with Crippen LogP contribution in [0.4, 0.5) is 19.0 Å². The molecule has 7 heterocycles. The number of morpholine rings is 1. The number of carbonyl (C=O) groups excluding carboxylic acids is 1. The van der Waals surface area contributed by atoms with Gasteiger partial charge >= 0.3 is 0 Å². The number of nitrogens with zero attached hydrogens (tertiary/aromatic N) is 6. The van der Waals surface area contributed by atoms with Gasteiger partial charge in [-0.3, -0.25) is 4.79 Å². The van der Waals surface area contributed by atoms with Crippen LogP contribution in [0.3, 0.4) is 0 Å². The van der Waals surface area contributed by atoms with E-state index in [9.17, 15) is 18.8 Å². The summed E-state index contributed by atoms with van der Waals surface area (Å²) in [5.74, 6) is -0.957. The Morgan fingerprint density at radius 3 is 2.50 bits per heavy atom. The molecule has 64 heavy (non-hydrogen) atoms. The van der Waals surface area contributed by atoms with Crippen LogP contribution in [-0.4, -0.2) is 76.9 Å². The minimum Gasteiger partial charge on any atom is -0.378 e. The number of carbonyl (C=O) groups is 1. The Morgan fingerprint density at radius 2 is 1.80 bits per heavy atom. The van der Waals surface area contributed by atoms with Gasteiger partial charge in [-0.15, -0.1) is 0 Å². The number of amides is 1. The third-order valence-electron chi connectivity index (χ3n) is 13.9. The lowest BCUT2D eigenvalue weighted by Crippen LogP contribution is -2.41. The molecule has 2 bridgehead atoms. The minimum absolute atomic E-state index is 0.0224. The Hall–Kier alpha value is -5.23. The molecule has 12 rings (SSSR count). The number of likely N-dealkylation sites (tertiary alicyclic amines) is 1. The molecule has 2 aliphatic carbocycles. The fourth-order valence-corrected chi connectivity index (χ4v) is 10.9. The molecule has 6 fully saturated rings. The minimum atomic E-state index is -0.685. The van der Waals surface area contributed by atoms with E-state index in [1.165, 1.54) is 18.2 Å². The summed E-state index contributed by atoms with van der Waals surface area (Å²) in [7, 11) is 0. The number of ether oxygens (including phenoxy) is 2. The molecule has 5 atom stereocenters. The number of fused-ring (bicyclic) bond motifs is 4. The molecule has 1 N–H and O–H groups in total. The molecule has 6 aliphatic rings. The van der Waals surface area contributed by atoms with Crippen LogP contribution in [0.2, 0.25) is 10.0 Å². The van der Waals surface area contributed by atoms with Crippen LogP contribution in [0.1, 0.15) is 61.0 Å². The Morgan fingerprint density at radius 1 is 1.00 bits per heavy atom. The number of hydrogen-bond acceptors (Lipinski definition) is 8. The second-order valence-electron chi connectivity index (χ2n) is 17.7. The third kappa shape index (κ3) is 7.09. The first kappa shape index (κ1) is 41.5. The molecular weight excluding hydrogens is 862 g/mol. The quantitative estimate of drug-likeness (QED) is 0.137. The van der Waals surface area contributed by atoms with Gasteiger partial charge in [-0.05, 0) is 79.6 Å². The highest BCUT2D eigenvalue weighted by Crippen LogP contribution is 2.52. The van der Waals surface area contributed by atoms with E-state index in [1.54, 1.807) is 24.4 Å². The molecule has 328 valence electrons. The summed E-state index contributed by atoms with van der Waals surface area (Å²) in [4.78, 5) is 28.5. The molecule has 1 amide bonds. The normalized spacial score (nSPS) is 23.0. The lowest BCUT2D eigenvalue weighted by Gasteiger charge is -2.39. The van der Waals surface area contributed by atoms with Gasteiger partial charge in [-0.2, -0.15) is 5.26 Å². The van der Waals surface area contributed by atoms with Gasteiger partial charge < -0.3 is 29.2 Å². The first-order valence-electron chi connectivity index (χ1n) is 22.1. The van der Waals surface area contributed by atoms with Crippen LogP contribution in [0, 0.1) is 40.6 Å². The number of rotatable bonds is 11. The van der Waals surface area contributed by atoms with Crippen molar-refractivity contribution in [3.8, 4) is 28.5 Å². The molecule has 10 nitrogen and oxygen atoms in total. The van der Waals surface area contributed by atoms with Crippen molar-refractivity contribution in [2.24, 2.45) is 11.8 Å². The number of halogens is 5. The molecule has 0 unspecified atom stereocenters. The Kier molecular flexibility index (Phi) is 10.8. The van der Waals surface area contributed by atoms with E-state index in [1.807, 2.05) is 23.1 Å². The first-order chi connectivity index (χ1) is 31.2. The van der Waals surface area contributed by atoms with E-state index >= 15 is 4.39 Å². The summed E-state index contributed by atoms with van der Waals surface area (Å²) < 4.78 is 61.8. The summed E-state index contributed by atoms with van der Waals surface area (Å²) in [6.45, 7) is 3.41. The number of nitriles is 1. The molecule has 0 radical (unpaired) electrons. The fraction of sp³-hybridized carbons (Fsp3) is 0.388. The van der Waals surface area contributed by atoms with Gasteiger partial charge in [-0.1, -0.05) is 41.4 Å². The van der Waals surface area contributed by atoms with E-state index in [-0.39, 0.29) is 82.5 Å². The number of anilines is 1. The van der Waals surface area contributed by atoms with Gasteiger partial charge in [0.25, 0.3) is 0 Å². The summed E-state index contributed by atoms with van der Waals surface area (Å²) in [5.41, 5.74) is 4.05. The van der Waals surface area contributed by atoms with Crippen molar-refractivity contribution in [2.75, 3.05) is 44.3 Å². The second-order valence-corrected chi connectivity index (χ2v) is 18.5. The van der Waals surface area contributed by atoms with Crippen molar-refractivity contribution in [3.63, 3.8) is 0 Å². The second kappa shape index (κ2) is 16.6. The van der Waals surface area contributed by atoms with E-state index in [0.717, 1.165) is 48.2 Å². The zero-order valence-corrected chi connectivity index (χ0v) is 36.3. The van der Waals surface area contributed by atoms with E-state index in [2.05, 4.69) is 26.9 Å². The highest BCUT2D eigenvalue weighted by atomic mass is 35.5. The van der Waals surface area contributed by atoms with Crippen LogP contribution in [0.25, 0.3) is 44.2 Å². The zero-order valence-electron chi connectivity index (χ0n) is 34.8. The van der Waals surface area contributed by atoms with Gasteiger partial charge in [-0.25, -0.2) is 23.1 Å². The van der Waals surface area contributed by atoms with Crippen molar-refractivity contribution in [1.29, 1.82) is 5.26 Å². The molecule has 3 aromatic carbocycles. The maximum absolute atomic E-state index is 18.0. The van der Waals surface area contributed by atoms with E-state index in [0.29, 0.717) is 60.5 Å². The van der Waals surface area contributed by atoms with Crippen LogP contribution in [0.15, 0.2) is 66.9 Å². The Balaban J connectivity index is 1.14. The number of nitrogens with one attached hydrogen (secondary N) is 1. The molecule has 4 saturated heterocycles.